The van der Waals surface area contributed by atoms with E-state index in [9.17, 15) is 9.90 Å². The van der Waals surface area contributed by atoms with Crippen LogP contribution in [0.4, 0.5) is 0 Å². The second-order valence-corrected chi connectivity index (χ2v) is 6.61. The monoisotopic (exact) mass is 420 g/mol. The Labute approximate surface area is 181 Å². The molecule has 0 heterocycles. The van der Waals surface area contributed by atoms with Crippen molar-refractivity contribution in [1.29, 1.82) is 0 Å². The summed E-state index contributed by atoms with van der Waals surface area (Å²) in [6.07, 6.45) is 2.99. The predicted molar refractivity (Wildman–Crippen MR) is 118 cm³/mol. The molecule has 0 atom stereocenters. The van der Waals surface area contributed by atoms with Crippen molar-refractivity contribution in [3.8, 4) is 28.7 Å². The standard InChI is InChI=1S/C25H24O6/c1-28-22-12-10-17(13-23(22)29-2)9-11-20(26)25-21(27)14-19(15-24(25)30-3)31-16-18-7-5-4-6-8-18/h4-15,27H,16H2,1-3H3. The van der Waals surface area contributed by atoms with E-state index >= 15 is 0 Å². The summed E-state index contributed by atoms with van der Waals surface area (Å²) < 4.78 is 21.5. The van der Waals surface area contributed by atoms with Crippen molar-refractivity contribution in [2.75, 3.05) is 21.3 Å². The average Bonchev–Trinajstić information content (AvgIpc) is 2.81. The van der Waals surface area contributed by atoms with E-state index in [1.165, 1.54) is 19.3 Å². The maximum absolute atomic E-state index is 12.8. The summed E-state index contributed by atoms with van der Waals surface area (Å²) in [4.78, 5) is 12.8. The molecule has 1 N–H and O–H groups in total. The van der Waals surface area contributed by atoms with Crippen LogP contribution in [0.1, 0.15) is 21.5 Å². The normalized spacial score (nSPS) is 10.7. The highest BCUT2D eigenvalue weighted by Crippen LogP contribution is 2.34. The zero-order valence-electron chi connectivity index (χ0n) is 17.6. The number of rotatable bonds is 9. The van der Waals surface area contributed by atoms with Crippen molar-refractivity contribution in [2.45, 2.75) is 6.61 Å². The van der Waals surface area contributed by atoms with Gasteiger partial charge in [0.2, 0.25) is 0 Å². The lowest BCUT2D eigenvalue weighted by atomic mass is 10.1. The molecule has 0 saturated carbocycles. The number of hydrogen-bond acceptors (Lipinski definition) is 6. The number of methoxy groups -OCH3 is 3. The second-order valence-electron chi connectivity index (χ2n) is 6.61. The molecule has 0 amide bonds. The van der Waals surface area contributed by atoms with Gasteiger partial charge in [0.1, 0.15) is 29.4 Å². The largest absolute Gasteiger partial charge is 0.507 e. The number of hydrogen-bond donors (Lipinski definition) is 1. The Morgan fingerprint density at radius 3 is 2.26 bits per heavy atom. The van der Waals surface area contributed by atoms with Crippen molar-refractivity contribution in [2.24, 2.45) is 0 Å². The Morgan fingerprint density at radius 2 is 1.58 bits per heavy atom. The number of carbonyl (C=O) groups is 1. The molecule has 0 aliphatic heterocycles. The number of allylic oxidation sites excluding steroid dienone is 1. The molecule has 160 valence electrons. The van der Waals surface area contributed by atoms with Crippen LogP contribution in [-0.4, -0.2) is 32.2 Å². The lowest BCUT2D eigenvalue weighted by molar-refractivity contribution is 0.104. The van der Waals surface area contributed by atoms with Crippen LogP contribution >= 0.6 is 0 Å². The first-order chi connectivity index (χ1) is 15.0. The van der Waals surface area contributed by atoms with Crippen LogP contribution in [-0.2, 0) is 6.61 Å². The molecule has 0 spiro atoms. The van der Waals surface area contributed by atoms with Gasteiger partial charge in [-0.05, 0) is 29.3 Å². The fourth-order valence-electron chi connectivity index (χ4n) is 3.02. The van der Waals surface area contributed by atoms with Gasteiger partial charge in [-0.25, -0.2) is 0 Å². The van der Waals surface area contributed by atoms with E-state index in [0.29, 0.717) is 23.9 Å². The molecule has 0 bridgehead atoms. The molecule has 3 aromatic rings. The molecule has 0 aliphatic carbocycles. The Hall–Kier alpha value is -3.93. The van der Waals surface area contributed by atoms with Gasteiger partial charge in [-0.1, -0.05) is 42.5 Å². The topological polar surface area (TPSA) is 74.2 Å². The van der Waals surface area contributed by atoms with Gasteiger partial charge in [-0.2, -0.15) is 0 Å². The van der Waals surface area contributed by atoms with Crippen molar-refractivity contribution in [3.63, 3.8) is 0 Å². The maximum Gasteiger partial charge on any atom is 0.193 e. The molecule has 0 unspecified atom stereocenters. The smallest absolute Gasteiger partial charge is 0.193 e. The van der Waals surface area contributed by atoms with E-state index < -0.39 is 5.78 Å². The van der Waals surface area contributed by atoms with Crippen molar-refractivity contribution in [3.05, 3.63) is 83.4 Å². The molecular weight excluding hydrogens is 396 g/mol. The molecule has 6 nitrogen and oxygen atoms in total. The van der Waals surface area contributed by atoms with E-state index in [0.717, 1.165) is 11.1 Å². The van der Waals surface area contributed by atoms with E-state index in [2.05, 4.69) is 0 Å². The summed E-state index contributed by atoms with van der Waals surface area (Å²) in [6.45, 7) is 0.329. The van der Waals surface area contributed by atoms with Gasteiger partial charge < -0.3 is 24.1 Å². The van der Waals surface area contributed by atoms with Crippen molar-refractivity contribution in [1.82, 2.24) is 0 Å². The number of phenolic OH excluding ortho intramolecular Hbond substituents is 1. The van der Waals surface area contributed by atoms with Crippen LogP contribution in [0.25, 0.3) is 6.08 Å². The summed E-state index contributed by atoms with van der Waals surface area (Å²) in [5, 5.41) is 10.5. The molecule has 6 heteroatoms. The van der Waals surface area contributed by atoms with E-state index in [1.54, 1.807) is 44.6 Å². The number of carbonyl (C=O) groups excluding carboxylic acids is 1. The van der Waals surface area contributed by atoms with E-state index in [-0.39, 0.29) is 17.1 Å². The number of aromatic hydroxyl groups is 1. The summed E-state index contributed by atoms with van der Waals surface area (Å²) in [5.74, 6) is 1.15. The third-order valence-corrected chi connectivity index (χ3v) is 4.60. The molecule has 3 aromatic carbocycles. The Kier molecular flexibility index (Phi) is 7.17. The van der Waals surface area contributed by atoms with Crippen LogP contribution in [0.5, 0.6) is 28.7 Å². The summed E-state index contributed by atoms with van der Waals surface area (Å²) in [7, 11) is 4.53. The first kappa shape index (κ1) is 21.8. The molecule has 0 fully saturated rings. The number of benzene rings is 3. The van der Waals surface area contributed by atoms with Crippen LogP contribution in [0, 0.1) is 0 Å². The van der Waals surface area contributed by atoms with Crippen LogP contribution < -0.4 is 18.9 Å². The molecule has 0 aliphatic rings. The highest BCUT2D eigenvalue weighted by molar-refractivity contribution is 6.10. The molecule has 0 aromatic heterocycles. The van der Waals surface area contributed by atoms with Crippen LogP contribution in [0.15, 0.2) is 66.7 Å². The zero-order chi connectivity index (χ0) is 22.2. The van der Waals surface area contributed by atoms with Gasteiger partial charge in [0.05, 0.1) is 21.3 Å². The third kappa shape index (κ3) is 5.36. The summed E-state index contributed by atoms with van der Waals surface area (Å²) in [6, 6.07) is 17.9. The maximum atomic E-state index is 12.8. The lowest BCUT2D eigenvalue weighted by Crippen LogP contribution is -2.02. The Balaban J connectivity index is 1.79. The van der Waals surface area contributed by atoms with Gasteiger partial charge in [0, 0.05) is 12.1 Å². The fraction of sp³-hybridized carbons (Fsp3) is 0.160. The molecule has 0 radical (unpaired) electrons. The lowest BCUT2D eigenvalue weighted by Gasteiger charge is -2.12. The van der Waals surface area contributed by atoms with Gasteiger partial charge in [0.25, 0.3) is 0 Å². The number of phenols is 1. The van der Waals surface area contributed by atoms with E-state index in [4.69, 9.17) is 18.9 Å². The second kappa shape index (κ2) is 10.2. The van der Waals surface area contributed by atoms with Gasteiger partial charge in [-0.15, -0.1) is 0 Å². The minimum atomic E-state index is -0.404. The SMILES string of the molecule is COc1ccc(C=CC(=O)c2c(O)cc(OCc3ccccc3)cc2OC)cc1OC. The van der Waals surface area contributed by atoms with Crippen molar-refractivity contribution < 1.29 is 28.8 Å². The number of ketones is 1. The minimum absolute atomic E-state index is 0.0614. The minimum Gasteiger partial charge on any atom is -0.507 e. The molecule has 0 saturated heterocycles. The molecule has 3 rings (SSSR count). The van der Waals surface area contributed by atoms with Crippen LogP contribution in [0.2, 0.25) is 0 Å². The first-order valence-electron chi connectivity index (χ1n) is 9.58. The quantitative estimate of drug-likeness (QED) is 0.392. The van der Waals surface area contributed by atoms with Crippen LogP contribution in [0.3, 0.4) is 0 Å². The summed E-state index contributed by atoms with van der Waals surface area (Å²) >= 11 is 0. The van der Waals surface area contributed by atoms with E-state index in [1.807, 2.05) is 30.3 Å². The Morgan fingerprint density at radius 1 is 0.871 bits per heavy atom. The van der Waals surface area contributed by atoms with Gasteiger partial charge >= 0.3 is 0 Å². The predicted octanol–water partition coefficient (Wildman–Crippen LogP) is 4.89. The fourth-order valence-corrected chi connectivity index (χ4v) is 3.02. The highest BCUT2D eigenvalue weighted by Gasteiger charge is 2.18. The third-order valence-electron chi connectivity index (χ3n) is 4.60. The van der Waals surface area contributed by atoms with Crippen molar-refractivity contribution >= 4 is 11.9 Å². The summed E-state index contributed by atoms with van der Waals surface area (Å²) in [5.41, 5.74) is 1.79. The van der Waals surface area contributed by atoms with Gasteiger partial charge in [0.15, 0.2) is 17.3 Å². The van der Waals surface area contributed by atoms with Gasteiger partial charge in [-0.3, -0.25) is 4.79 Å². The molecular formula is C25H24O6. The Bertz CT molecular complexity index is 1070. The number of ether oxygens (including phenoxy) is 4. The molecule has 31 heavy (non-hydrogen) atoms. The average molecular weight is 420 g/mol. The first-order valence-corrected chi connectivity index (χ1v) is 9.58. The zero-order valence-corrected chi connectivity index (χ0v) is 17.6. The highest BCUT2D eigenvalue weighted by atomic mass is 16.5.